The highest BCUT2D eigenvalue weighted by molar-refractivity contribution is 5.96. The Morgan fingerprint density at radius 3 is 2.16 bits per heavy atom. The predicted octanol–water partition coefficient (Wildman–Crippen LogP) is 5.13. The van der Waals surface area contributed by atoms with Crippen LogP contribution in [0.25, 0.3) is 0 Å². The molecule has 0 aliphatic carbocycles. The van der Waals surface area contributed by atoms with E-state index >= 15 is 0 Å². The predicted molar refractivity (Wildman–Crippen MR) is 103 cm³/mol. The van der Waals surface area contributed by atoms with Crippen LogP contribution in [0.5, 0.6) is 0 Å². The van der Waals surface area contributed by atoms with E-state index in [0.717, 1.165) is 33.4 Å². The maximum atomic E-state index is 12.9. The molecular weight excluding hydrogens is 306 g/mol. The third-order valence-electron chi connectivity index (χ3n) is 4.53. The molecule has 3 aromatic carbocycles. The zero-order valence-corrected chi connectivity index (χ0v) is 14.9. The summed E-state index contributed by atoms with van der Waals surface area (Å²) in [6, 6.07) is 24.1. The van der Waals surface area contributed by atoms with Gasteiger partial charge in [0.2, 0.25) is 0 Å². The summed E-state index contributed by atoms with van der Waals surface area (Å²) >= 11 is 0. The molecule has 0 aliphatic heterocycles. The van der Waals surface area contributed by atoms with Crippen molar-refractivity contribution in [3.05, 3.63) is 106 Å². The topological polar surface area (TPSA) is 29.1 Å². The maximum Gasteiger partial charge on any atom is 0.252 e. The number of amides is 1. The van der Waals surface area contributed by atoms with Gasteiger partial charge in [0.1, 0.15) is 0 Å². The van der Waals surface area contributed by atoms with Gasteiger partial charge in [-0.05, 0) is 49.1 Å². The first-order valence-electron chi connectivity index (χ1n) is 8.55. The summed E-state index contributed by atoms with van der Waals surface area (Å²) in [5, 5.41) is 3.23. The SMILES string of the molecule is Cc1ccc(C(=O)NC(c2ccccc2)c2ccccc2C)c(C)c1. The second kappa shape index (κ2) is 7.35. The highest BCUT2D eigenvalue weighted by Crippen LogP contribution is 2.25. The van der Waals surface area contributed by atoms with Gasteiger partial charge in [0.05, 0.1) is 6.04 Å². The summed E-state index contributed by atoms with van der Waals surface area (Å²) in [6.07, 6.45) is 0. The molecule has 2 heteroatoms. The Hall–Kier alpha value is -2.87. The Kier molecular flexibility index (Phi) is 4.99. The summed E-state index contributed by atoms with van der Waals surface area (Å²) in [5.74, 6) is -0.0467. The number of carbonyl (C=O) groups excluding carboxylic acids is 1. The van der Waals surface area contributed by atoms with E-state index in [1.54, 1.807) is 0 Å². The van der Waals surface area contributed by atoms with Crippen LogP contribution in [0.2, 0.25) is 0 Å². The number of nitrogens with one attached hydrogen (secondary N) is 1. The molecule has 0 aromatic heterocycles. The minimum atomic E-state index is -0.171. The standard InChI is InChI=1S/C23H23NO/c1-16-13-14-21(18(3)15-16)23(25)24-22(19-10-5-4-6-11-19)20-12-8-7-9-17(20)2/h4-15,22H,1-3H3,(H,24,25). The van der Waals surface area contributed by atoms with Crippen molar-refractivity contribution < 1.29 is 4.79 Å². The van der Waals surface area contributed by atoms with E-state index in [1.165, 1.54) is 0 Å². The molecule has 1 amide bonds. The highest BCUT2D eigenvalue weighted by Gasteiger charge is 2.20. The van der Waals surface area contributed by atoms with Crippen molar-refractivity contribution in [1.82, 2.24) is 5.32 Å². The van der Waals surface area contributed by atoms with Crippen molar-refractivity contribution in [3.63, 3.8) is 0 Å². The van der Waals surface area contributed by atoms with Crippen molar-refractivity contribution in [1.29, 1.82) is 0 Å². The Labute approximate surface area is 149 Å². The van der Waals surface area contributed by atoms with Gasteiger partial charge >= 0.3 is 0 Å². The van der Waals surface area contributed by atoms with E-state index in [9.17, 15) is 4.79 Å². The van der Waals surface area contributed by atoms with E-state index in [-0.39, 0.29) is 11.9 Å². The van der Waals surface area contributed by atoms with Crippen LogP contribution in [-0.2, 0) is 0 Å². The normalized spacial score (nSPS) is 11.8. The van der Waals surface area contributed by atoms with Crippen LogP contribution in [0.4, 0.5) is 0 Å². The Bertz CT molecular complexity index is 884. The van der Waals surface area contributed by atoms with E-state index in [0.29, 0.717) is 0 Å². The van der Waals surface area contributed by atoms with Crippen molar-refractivity contribution in [3.8, 4) is 0 Å². The number of aryl methyl sites for hydroxylation is 3. The molecule has 1 atom stereocenters. The second-order valence-corrected chi connectivity index (χ2v) is 6.49. The van der Waals surface area contributed by atoms with Crippen molar-refractivity contribution >= 4 is 5.91 Å². The van der Waals surface area contributed by atoms with Crippen LogP contribution in [0, 0.1) is 20.8 Å². The van der Waals surface area contributed by atoms with Crippen LogP contribution in [0.1, 0.15) is 44.2 Å². The quantitative estimate of drug-likeness (QED) is 0.706. The van der Waals surface area contributed by atoms with Gasteiger partial charge in [-0.15, -0.1) is 0 Å². The van der Waals surface area contributed by atoms with Gasteiger partial charge in [-0.25, -0.2) is 0 Å². The van der Waals surface area contributed by atoms with Gasteiger partial charge in [0, 0.05) is 5.56 Å². The number of hydrogen-bond donors (Lipinski definition) is 1. The minimum Gasteiger partial charge on any atom is -0.341 e. The van der Waals surface area contributed by atoms with E-state index in [1.807, 2.05) is 62.4 Å². The number of rotatable bonds is 4. The molecule has 3 aromatic rings. The largest absolute Gasteiger partial charge is 0.341 e. The molecule has 2 nitrogen and oxygen atoms in total. The zero-order valence-electron chi connectivity index (χ0n) is 14.9. The van der Waals surface area contributed by atoms with Gasteiger partial charge in [-0.1, -0.05) is 72.3 Å². The molecule has 0 spiro atoms. The Morgan fingerprint density at radius 2 is 1.48 bits per heavy atom. The number of benzene rings is 3. The summed E-state index contributed by atoms with van der Waals surface area (Å²) in [4.78, 5) is 12.9. The monoisotopic (exact) mass is 329 g/mol. The molecule has 0 aliphatic rings. The summed E-state index contributed by atoms with van der Waals surface area (Å²) < 4.78 is 0. The molecular formula is C23H23NO. The van der Waals surface area contributed by atoms with Crippen LogP contribution >= 0.6 is 0 Å². The molecule has 3 rings (SSSR count). The fraction of sp³-hybridized carbons (Fsp3) is 0.174. The average Bonchev–Trinajstić information content (AvgIpc) is 2.61. The summed E-state index contributed by atoms with van der Waals surface area (Å²) in [5.41, 5.74) is 6.24. The molecule has 0 bridgehead atoms. The smallest absolute Gasteiger partial charge is 0.252 e. The molecule has 126 valence electrons. The lowest BCUT2D eigenvalue weighted by atomic mass is 9.94. The first-order chi connectivity index (χ1) is 12.1. The van der Waals surface area contributed by atoms with E-state index in [2.05, 4.69) is 36.5 Å². The molecule has 1 N–H and O–H groups in total. The minimum absolute atomic E-state index is 0.0467. The summed E-state index contributed by atoms with van der Waals surface area (Å²) in [7, 11) is 0. The van der Waals surface area contributed by atoms with Gasteiger partial charge in [0.25, 0.3) is 5.91 Å². The number of hydrogen-bond acceptors (Lipinski definition) is 1. The lowest BCUT2D eigenvalue weighted by molar-refractivity contribution is 0.0942. The molecule has 0 heterocycles. The van der Waals surface area contributed by atoms with Crippen LogP contribution < -0.4 is 5.32 Å². The lowest BCUT2D eigenvalue weighted by Gasteiger charge is -2.22. The highest BCUT2D eigenvalue weighted by atomic mass is 16.1. The van der Waals surface area contributed by atoms with Crippen molar-refractivity contribution in [2.24, 2.45) is 0 Å². The fourth-order valence-electron chi connectivity index (χ4n) is 3.17. The molecule has 0 fully saturated rings. The Balaban J connectivity index is 1.98. The van der Waals surface area contributed by atoms with E-state index in [4.69, 9.17) is 0 Å². The molecule has 0 radical (unpaired) electrons. The van der Waals surface area contributed by atoms with Gasteiger partial charge in [0.15, 0.2) is 0 Å². The molecule has 0 saturated heterocycles. The zero-order chi connectivity index (χ0) is 17.8. The number of carbonyl (C=O) groups is 1. The molecule has 25 heavy (non-hydrogen) atoms. The second-order valence-electron chi connectivity index (χ2n) is 6.49. The van der Waals surface area contributed by atoms with Gasteiger partial charge in [-0.2, -0.15) is 0 Å². The van der Waals surface area contributed by atoms with Crippen molar-refractivity contribution in [2.75, 3.05) is 0 Å². The average molecular weight is 329 g/mol. The van der Waals surface area contributed by atoms with Crippen molar-refractivity contribution in [2.45, 2.75) is 26.8 Å². The lowest BCUT2D eigenvalue weighted by Crippen LogP contribution is -2.30. The van der Waals surface area contributed by atoms with Crippen LogP contribution in [-0.4, -0.2) is 5.91 Å². The van der Waals surface area contributed by atoms with Crippen LogP contribution in [0.15, 0.2) is 72.8 Å². The van der Waals surface area contributed by atoms with Gasteiger partial charge in [-0.3, -0.25) is 4.79 Å². The maximum absolute atomic E-state index is 12.9. The summed E-state index contributed by atoms with van der Waals surface area (Å²) in [6.45, 7) is 6.09. The first-order valence-corrected chi connectivity index (χ1v) is 8.55. The third-order valence-corrected chi connectivity index (χ3v) is 4.53. The molecule has 0 saturated carbocycles. The Morgan fingerprint density at radius 1 is 0.800 bits per heavy atom. The third kappa shape index (κ3) is 3.80. The van der Waals surface area contributed by atoms with E-state index < -0.39 is 0 Å². The first kappa shape index (κ1) is 17.0. The molecule has 1 unspecified atom stereocenters. The fourth-order valence-corrected chi connectivity index (χ4v) is 3.17. The van der Waals surface area contributed by atoms with Crippen LogP contribution in [0.3, 0.4) is 0 Å². The van der Waals surface area contributed by atoms with Gasteiger partial charge < -0.3 is 5.32 Å².